The van der Waals surface area contributed by atoms with Gasteiger partial charge >= 0.3 is 5.97 Å². The van der Waals surface area contributed by atoms with Crippen LogP contribution in [0.25, 0.3) is 0 Å². The SMILES string of the molecule is CCOC(=O)C(C)(N)COCCC(C)(C)OC. The van der Waals surface area contributed by atoms with Gasteiger partial charge in [-0.15, -0.1) is 0 Å². The Morgan fingerprint density at radius 2 is 1.88 bits per heavy atom. The number of nitrogens with two attached hydrogens (primary N) is 1. The molecule has 0 fully saturated rings. The van der Waals surface area contributed by atoms with E-state index in [4.69, 9.17) is 19.9 Å². The number of esters is 1. The summed E-state index contributed by atoms with van der Waals surface area (Å²) in [6.45, 7) is 8.26. The van der Waals surface area contributed by atoms with Crippen LogP contribution < -0.4 is 5.73 Å². The van der Waals surface area contributed by atoms with Crippen LogP contribution in [0.2, 0.25) is 0 Å². The molecule has 0 rings (SSSR count). The maximum absolute atomic E-state index is 11.5. The zero-order chi connectivity index (χ0) is 13.5. The lowest BCUT2D eigenvalue weighted by Gasteiger charge is -2.25. The van der Waals surface area contributed by atoms with E-state index in [1.807, 2.05) is 13.8 Å². The lowest BCUT2D eigenvalue weighted by Crippen LogP contribution is -2.50. The van der Waals surface area contributed by atoms with Crippen molar-refractivity contribution in [1.29, 1.82) is 0 Å². The fraction of sp³-hybridized carbons (Fsp3) is 0.917. The monoisotopic (exact) mass is 247 g/mol. The van der Waals surface area contributed by atoms with Crippen LogP contribution in [-0.4, -0.2) is 44.0 Å². The number of methoxy groups -OCH3 is 1. The van der Waals surface area contributed by atoms with E-state index in [1.54, 1.807) is 21.0 Å². The van der Waals surface area contributed by atoms with Crippen molar-refractivity contribution in [1.82, 2.24) is 0 Å². The van der Waals surface area contributed by atoms with Crippen LogP contribution in [0, 0.1) is 0 Å². The first kappa shape index (κ1) is 16.4. The first-order valence-corrected chi connectivity index (χ1v) is 5.84. The second-order valence-electron chi connectivity index (χ2n) is 4.90. The van der Waals surface area contributed by atoms with E-state index in [0.717, 1.165) is 6.42 Å². The highest BCUT2D eigenvalue weighted by molar-refractivity contribution is 5.80. The minimum Gasteiger partial charge on any atom is -0.465 e. The summed E-state index contributed by atoms with van der Waals surface area (Å²) >= 11 is 0. The van der Waals surface area contributed by atoms with Gasteiger partial charge in [-0.1, -0.05) is 0 Å². The molecule has 0 spiro atoms. The molecule has 1 unspecified atom stereocenters. The normalized spacial score (nSPS) is 15.4. The second-order valence-corrected chi connectivity index (χ2v) is 4.90. The van der Waals surface area contributed by atoms with Gasteiger partial charge in [0.25, 0.3) is 0 Å². The molecular weight excluding hydrogens is 222 g/mol. The van der Waals surface area contributed by atoms with Crippen LogP contribution in [0.15, 0.2) is 0 Å². The highest BCUT2D eigenvalue weighted by atomic mass is 16.5. The highest BCUT2D eigenvalue weighted by Crippen LogP contribution is 2.13. The molecule has 0 aromatic carbocycles. The molecule has 0 aromatic rings. The molecule has 0 aliphatic heterocycles. The first-order valence-electron chi connectivity index (χ1n) is 5.84. The van der Waals surface area contributed by atoms with Gasteiger partial charge in [0.1, 0.15) is 5.54 Å². The molecule has 0 bridgehead atoms. The molecule has 0 radical (unpaired) electrons. The predicted octanol–water partition coefficient (Wildman–Crippen LogP) is 1.10. The van der Waals surface area contributed by atoms with Gasteiger partial charge in [0, 0.05) is 13.7 Å². The summed E-state index contributed by atoms with van der Waals surface area (Å²) in [5.74, 6) is -0.439. The van der Waals surface area contributed by atoms with Gasteiger partial charge in [-0.25, -0.2) is 4.79 Å². The topological polar surface area (TPSA) is 70.8 Å². The molecule has 0 aromatic heterocycles. The lowest BCUT2D eigenvalue weighted by atomic mass is 10.1. The maximum atomic E-state index is 11.5. The van der Waals surface area contributed by atoms with Crippen molar-refractivity contribution in [2.45, 2.75) is 45.3 Å². The average molecular weight is 247 g/mol. The Balaban J connectivity index is 3.91. The summed E-state index contributed by atoms with van der Waals surface area (Å²) in [7, 11) is 1.66. The van der Waals surface area contributed by atoms with Crippen molar-refractivity contribution in [3.8, 4) is 0 Å². The Morgan fingerprint density at radius 1 is 1.29 bits per heavy atom. The van der Waals surface area contributed by atoms with Gasteiger partial charge in [-0.3, -0.25) is 0 Å². The van der Waals surface area contributed by atoms with Crippen molar-refractivity contribution in [2.75, 3.05) is 26.9 Å². The summed E-state index contributed by atoms with van der Waals surface area (Å²) in [4.78, 5) is 11.5. The summed E-state index contributed by atoms with van der Waals surface area (Å²) < 4.78 is 15.5. The molecule has 5 nitrogen and oxygen atoms in total. The Morgan fingerprint density at radius 3 is 2.35 bits per heavy atom. The molecule has 2 N–H and O–H groups in total. The molecule has 0 saturated carbocycles. The number of hydrogen-bond acceptors (Lipinski definition) is 5. The van der Waals surface area contributed by atoms with E-state index < -0.39 is 11.5 Å². The molecule has 0 saturated heterocycles. The van der Waals surface area contributed by atoms with E-state index in [-0.39, 0.29) is 12.2 Å². The molecule has 1 atom stereocenters. The van der Waals surface area contributed by atoms with Gasteiger partial charge < -0.3 is 19.9 Å². The summed E-state index contributed by atoms with van der Waals surface area (Å²) in [5, 5.41) is 0. The molecule has 0 aliphatic rings. The zero-order valence-electron chi connectivity index (χ0n) is 11.5. The van der Waals surface area contributed by atoms with Gasteiger partial charge in [-0.05, 0) is 34.1 Å². The zero-order valence-corrected chi connectivity index (χ0v) is 11.5. The Hall–Kier alpha value is -0.650. The van der Waals surface area contributed by atoms with Crippen molar-refractivity contribution >= 4 is 5.97 Å². The fourth-order valence-corrected chi connectivity index (χ4v) is 1.06. The van der Waals surface area contributed by atoms with Crippen LogP contribution in [0.3, 0.4) is 0 Å². The van der Waals surface area contributed by atoms with Gasteiger partial charge in [0.05, 0.1) is 18.8 Å². The van der Waals surface area contributed by atoms with Crippen molar-refractivity contribution in [3.05, 3.63) is 0 Å². The Labute approximate surface area is 104 Å². The smallest absolute Gasteiger partial charge is 0.328 e. The summed E-state index contributed by atoms with van der Waals surface area (Å²) in [6.07, 6.45) is 0.738. The van der Waals surface area contributed by atoms with Crippen molar-refractivity contribution in [2.24, 2.45) is 5.73 Å². The number of rotatable bonds is 8. The van der Waals surface area contributed by atoms with E-state index >= 15 is 0 Å². The maximum Gasteiger partial charge on any atom is 0.328 e. The van der Waals surface area contributed by atoms with E-state index in [2.05, 4.69) is 0 Å². The standard InChI is InChI=1S/C12H25NO4/c1-6-17-10(14)12(4,13)9-16-8-7-11(2,3)15-5/h6-9,13H2,1-5H3. The minimum atomic E-state index is -1.09. The van der Waals surface area contributed by atoms with Crippen LogP contribution in [0.1, 0.15) is 34.1 Å². The van der Waals surface area contributed by atoms with Gasteiger partial charge in [0.15, 0.2) is 0 Å². The van der Waals surface area contributed by atoms with Crippen LogP contribution in [0.4, 0.5) is 0 Å². The molecule has 0 amide bonds. The molecule has 5 heteroatoms. The number of carbonyl (C=O) groups excluding carboxylic acids is 1. The third kappa shape index (κ3) is 6.61. The molecule has 102 valence electrons. The number of carbonyl (C=O) groups is 1. The van der Waals surface area contributed by atoms with Crippen molar-refractivity contribution in [3.63, 3.8) is 0 Å². The Kier molecular flexibility index (Phi) is 6.67. The molecule has 0 aliphatic carbocycles. The summed E-state index contributed by atoms with van der Waals surface area (Å²) in [6, 6.07) is 0. The highest BCUT2D eigenvalue weighted by Gasteiger charge is 2.30. The number of hydrogen-bond donors (Lipinski definition) is 1. The van der Waals surface area contributed by atoms with E-state index in [0.29, 0.717) is 13.2 Å². The average Bonchev–Trinajstić information content (AvgIpc) is 2.25. The minimum absolute atomic E-state index is 0.144. The second kappa shape index (κ2) is 6.93. The van der Waals surface area contributed by atoms with Gasteiger partial charge in [0.2, 0.25) is 0 Å². The largest absolute Gasteiger partial charge is 0.465 e. The van der Waals surface area contributed by atoms with Crippen LogP contribution in [0.5, 0.6) is 0 Å². The van der Waals surface area contributed by atoms with Crippen LogP contribution in [-0.2, 0) is 19.0 Å². The van der Waals surface area contributed by atoms with Gasteiger partial charge in [-0.2, -0.15) is 0 Å². The Bertz CT molecular complexity index is 239. The number of ether oxygens (including phenoxy) is 3. The van der Waals surface area contributed by atoms with E-state index in [9.17, 15) is 4.79 Å². The summed E-state index contributed by atoms with van der Waals surface area (Å²) in [5.41, 5.74) is 4.48. The predicted molar refractivity (Wildman–Crippen MR) is 65.7 cm³/mol. The quantitative estimate of drug-likeness (QED) is 0.513. The molecule has 0 heterocycles. The lowest BCUT2D eigenvalue weighted by molar-refractivity contribution is -0.151. The molecular formula is C12H25NO4. The van der Waals surface area contributed by atoms with E-state index in [1.165, 1.54) is 0 Å². The van der Waals surface area contributed by atoms with Crippen molar-refractivity contribution < 1.29 is 19.0 Å². The fourth-order valence-electron chi connectivity index (χ4n) is 1.06. The van der Waals surface area contributed by atoms with Crippen LogP contribution >= 0.6 is 0 Å². The third-order valence-electron chi connectivity index (χ3n) is 2.54. The molecule has 17 heavy (non-hydrogen) atoms. The third-order valence-corrected chi connectivity index (χ3v) is 2.54. The first-order chi connectivity index (χ1) is 7.75.